The maximum Gasteiger partial charge on any atom is 0.0694 e. The molecule has 0 bridgehead atoms. The van der Waals surface area contributed by atoms with Gasteiger partial charge in [0, 0.05) is 24.5 Å². The number of aromatic nitrogens is 1. The van der Waals surface area contributed by atoms with Crippen LogP contribution in [0, 0.1) is 0 Å². The zero-order valence-electron chi connectivity index (χ0n) is 14.1. The number of rotatable bonds is 3. The third-order valence-corrected chi connectivity index (χ3v) is 4.47. The van der Waals surface area contributed by atoms with Crippen LogP contribution in [0.3, 0.4) is 0 Å². The number of aliphatic imine (C=N–C) groups is 1. The van der Waals surface area contributed by atoms with Crippen molar-refractivity contribution < 1.29 is 0 Å². The van der Waals surface area contributed by atoms with Crippen molar-refractivity contribution in [2.24, 2.45) is 4.99 Å². The third kappa shape index (κ3) is 3.58. The molecule has 0 spiro atoms. The van der Waals surface area contributed by atoms with Crippen molar-refractivity contribution in [2.75, 3.05) is 6.54 Å². The second-order valence-corrected chi connectivity index (χ2v) is 6.23. The van der Waals surface area contributed by atoms with Gasteiger partial charge in [-0.3, -0.25) is 9.98 Å². The smallest absolute Gasteiger partial charge is 0.0694 e. The molecule has 0 N–H and O–H groups in total. The van der Waals surface area contributed by atoms with Crippen LogP contribution < -0.4 is 0 Å². The van der Waals surface area contributed by atoms with Gasteiger partial charge in [0.1, 0.15) is 0 Å². The molecule has 0 radical (unpaired) electrons. The number of hydrogen-bond acceptors (Lipinski definition) is 2. The van der Waals surface area contributed by atoms with E-state index < -0.39 is 0 Å². The highest BCUT2D eigenvalue weighted by Crippen LogP contribution is 2.24. The fourth-order valence-corrected chi connectivity index (χ4v) is 3.20. The molecule has 0 aliphatic carbocycles. The first-order valence-corrected chi connectivity index (χ1v) is 8.71. The van der Waals surface area contributed by atoms with Gasteiger partial charge >= 0.3 is 0 Å². The van der Waals surface area contributed by atoms with Gasteiger partial charge in [-0.05, 0) is 53.3 Å². The Labute approximate surface area is 148 Å². The highest BCUT2D eigenvalue weighted by molar-refractivity contribution is 6.15. The molecule has 0 saturated carbocycles. The van der Waals surface area contributed by atoms with Crippen molar-refractivity contribution in [1.29, 1.82) is 0 Å². The monoisotopic (exact) mass is 324 g/mol. The average Bonchev–Trinajstić information content (AvgIpc) is 2.70. The maximum atomic E-state index is 4.75. The Balaban J connectivity index is 1.63. The summed E-state index contributed by atoms with van der Waals surface area (Å²) in [5.74, 6) is 0. The minimum absolute atomic E-state index is 0.897. The number of pyridine rings is 1. The predicted octanol–water partition coefficient (Wildman–Crippen LogP) is 5.42. The van der Waals surface area contributed by atoms with E-state index in [4.69, 9.17) is 4.99 Å². The Kier molecular flexibility index (Phi) is 4.51. The SMILES string of the molecule is C(=C1\CCCN=C1c1cccnc1)/c1ccc(-c2ccccc2)cc1. The van der Waals surface area contributed by atoms with Crippen LogP contribution in [0.15, 0.2) is 89.7 Å². The van der Waals surface area contributed by atoms with Gasteiger partial charge in [0.05, 0.1) is 5.71 Å². The van der Waals surface area contributed by atoms with Crippen molar-refractivity contribution in [2.45, 2.75) is 12.8 Å². The molecule has 1 aliphatic heterocycles. The molecule has 0 fully saturated rings. The number of allylic oxidation sites excluding steroid dienone is 1. The van der Waals surface area contributed by atoms with Crippen LogP contribution in [0.2, 0.25) is 0 Å². The third-order valence-electron chi connectivity index (χ3n) is 4.47. The van der Waals surface area contributed by atoms with E-state index in [1.807, 2.05) is 18.3 Å². The Morgan fingerprint density at radius 1 is 0.760 bits per heavy atom. The van der Waals surface area contributed by atoms with Crippen LogP contribution in [0.1, 0.15) is 24.0 Å². The van der Waals surface area contributed by atoms with E-state index in [1.54, 1.807) is 6.20 Å². The summed E-state index contributed by atoms with van der Waals surface area (Å²) in [4.78, 5) is 8.99. The van der Waals surface area contributed by atoms with Gasteiger partial charge < -0.3 is 0 Å². The summed E-state index contributed by atoms with van der Waals surface area (Å²) in [5, 5.41) is 0. The van der Waals surface area contributed by atoms with Crippen LogP contribution >= 0.6 is 0 Å². The molecule has 1 aromatic heterocycles. The van der Waals surface area contributed by atoms with E-state index in [9.17, 15) is 0 Å². The van der Waals surface area contributed by atoms with Gasteiger partial charge in [-0.2, -0.15) is 0 Å². The molecule has 0 atom stereocenters. The fraction of sp³-hybridized carbons (Fsp3) is 0.130. The maximum absolute atomic E-state index is 4.75. The molecule has 2 aromatic carbocycles. The van der Waals surface area contributed by atoms with E-state index in [0.29, 0.717) is 0 Å². The van der Waals surface area contributed by atoms with Gasteiger partial charge in [-0.1, -0.05) is 54.6 Å². The van der Waals surface area contributed by atoms with E-state index in [2.05, 4.69) is 65.7 Å². The van der Waals surface area contributed by atoms with Gasteiger partial charge in [-0.15, -0.1) is 0 Å². The highest BCUT2D eigenvalue weighted by Gasteiger charge is 2.14. The standard InChI is InChI=1S/C23H20N2/c1-2-6-19(7-3-1)20-12-10-18(11-13-20)16-21-8-5-15-25-23(21)22-9-4-14-24-17-22/h1-4,6-7,9-14,16-17H,5,8,15H2/b21-16-. The minimum Gasteiger partial charge on any atom is -0.284 e. The van der Waals surface area contributed by atoms with Crippen LogP contribution in [-0.2, 0) is 0 Å². The molecule has 0 unspecified atom stereocenters. The van der Waals surface area contributed by atoms with E-state index >= 15 is 0 Å². The number of hydrogen-bond donors (Lipinski definition) is 0. The summed E-state index contributed by atoms with van der Waals surface area (Å²) in [6.07, 6.45) is 8.14. The minimum atomic E-state index is 0.897. The lowest BCUT2D eigenvalue weighted by molar-refractivity contribution is 0.818. The zero-order valence-corrected chi connectivity index (χ0v) is 14.1. The first-order chi connectivity index (χ1) is 12.4. The number of nitrogens with zero attached hydrogens (tertiary/aromatic N) is 2. The molecule has 1 aliphatic rings. The molecule has 2 heterocycles. The van der Waals surface area contributed by atoms with Gasteiger partial charge in [0.25, 0.3) is 0 Å². The lowest BCUT2D eigenvalue weighted by atomic mass is 9.94. The molecule has 0 saturated heterocycles. The summed E-state index contributed by atoms with van der Waals surface area (Å²) in [5.41, 5.74) is 7.20. The number of benzene rings is 2. The largest absolute Gasteiger partial charge is 0.284 e. The highest BCUT2D eigenvalue weighted by atomic mass is 14.8. The molecular weight excluding hydrogens is 304 g/mol. The average molecular weight is 324 g/mol. The van der Waals surface area contributed by atoms with Crippen molar-refractivity contribution in [3.63, 3.8) is 0 Å². The second-order valence-electron chi connectivity index (χ2n) is 6.23. The molecular formula is C23H20N2. The van der Waals surface area contributed by atoms with Crippen molar-refractivity contribution in [1.82, 2.24) is 4.98 Å². The topological polar surface area (TPSA) is 25.2 Å². The summed E-state index contributed by atoms with van der Waals surface area (Å²) in [6, 6.07) is 23.3. The Hall–Kier alpha value is -3.00. The first-order valence-electron chi connectivity index (χ1n) is 8.71. The van der Waals surface area contributed by atoms with Crippen LogP contribution in [0.25, 0.3) is 17.2 Å². The van der Waals surface area contributed by atoms with Gasteiger partial charge in [0.15, 0.2) is 0 Å². The van der Waals surface area contributed by atoms with E-state index in [1.165, 1.54) is 22.3 Å². The molecule has 3 aromatic rings. The van der Waals surface area contributed by atoms with Crippen molar-refractivity contribution >= 4 is 11.8 Å². The lowest BCUT2D eigenvalue weighted by Crippen LogP contribution is -2.11. The Bertz CT molecular complexity index is 892. The predicted molar refractivity (Wildman–Crippen MR) is 105 cm³/mol. The summed E-state index contributed by atoms with van der Waals surface area (Å²) in [7, 11) is 0. The Morgan fingerprint density at radius 3 is 2.28 bits per heavy atom. The molecule has 2 heteroatoms. The molecule has 0 amide bonds. The van der Waals surface area contributed by atoms with Gasteiger partial charge in [0.2, 0.25) is 0 Å². The molecule has 4 rings (SSSR count). The fourth-order valence-electron chi connectivity index (χ4n) is 3.20. The summed E-state index contributed by atoms with van der Waals surface area (Å²) >= 11 is 0. The molecule has 122 valence electrons. The second kappa shape index (κ2) is 7.27. The summed E-state index contributed by atoms with van der Waals surface area (Å²) in [6.45, 7) is 0.897. The van der Waals surface area contributed by atoms with Crippen LogP contribution in [0.5, 0.6) is 0 Å². The quantitative estimate of drug-likeness (QED) is 0.632. The normalized spacial score (nSPS) is 15.8. The van der Waals surface area contributed by atoms with Gasteiger partial charge in [-0.25, -0.2) is 0 Å². The van der Waals surface area contributed by atoms with Crippen molar-refractivity contribution in [3.8, 4) is 11.1 Å². The van der Waals surface area contributed by atoms with E-state index in [-0.39, 0.29) is 0 Å². The lowest BCUT2D eigenvalue weighted by Gasteiger charge is -2.16. The first kappa shape index (κ1) is 15.5. The molecule has 2 nitrogen and oxygen atoms in total. The van der Waals surface area contributed by atoms with Crippen LogP contribution in [-0.4, -0.2) is 17.2 Å². The van der Waals surface area contributed by atoms with Crippen LogP contribution in [0.4, 0.5) is 0 Å². The molecule has 25 heavy (non-hydrogen) atoms. The zero-order chi connectivity index (χ0) is 16.9. The summed E-state index contributed by atoms with van der Waals surface area (Å²) < 4.78 is 0. The van der Waals surface area contributed by atoms with Crippen molar-refractivity contribution in [3.05, 3.63) is 95.8 Å². The van der Waals surface area contributed by atoms with E-state index in [0.717, 1.165) is 30.7 Å². The Morgan fingerprint density at radius 2 is 1.52 bits per heavy atom.